The Bertz CT molecular complexity index is 867. The van der Waals surface area contributed by atoms with Crippen molar-refractivity contribution in [1.29, 1.82) is 0 Å². The Hall–Kier alpha value is -2.86. The van der Waals surface area contributed by atoms with E-state index in [1.807, 2.05) is 36.4 Å². The number of hydrogen-bond donors (Lipinski definition) is 2. The predicted octanol–water partition coefficient (Wildman–Crippen LogP) is 3.96. The van der Waals surface area contributed by atoms with Crippen LogP contribution in [0.2, 0.25) is 0 Å². The molecular formula is C25H33N3O3. The number of methoxy groups -OCH3 is 1. The summed E-state index contributed by atoms with van der Waals surface area (Å²) in [6, 6.07) is 15.8. The highest BCUT2D eigenvalue weighted by atomic mass is 16.5. The standard InChI is InChI=1S/C25H33N3O3/c1-19(29)27-23-11-8-21(9-12-23)18-28-14-4-6-20(17-28)10-13-25(30)26-16-22-5-3-7-24(15-22)31-2/h3,5,7-9,11-12,15,20H,4,6,10,13-14,16-18H2,1-2H3,(H,26,30)(H,27,29)/t20-/m1/s1. The fraction of sp³-hybridized carbons (Fsp3) is 0.440. The molecule has 1 fully saturated rings. The number of benzene rings is 2. The quantitative estimate of drug-likeness (QED) is 0.640. The summed E-state index contributed by atoms with van der Waals surface area (Å²) in [4.78, 5) is 25.9. The molecule has 1 heterocycles. The van der Waals surface area contributed by atoms with Gasteiger partial charge in [-0.25, -0.2) is 0 Å². The smallest absolute Gasteiger partial charge is 0.221 e. The third-order valence-electron chi connectivity index (χ3n) is 5.69. The minimum atomic E-state index is -0.0563. The van der Waals surface area contributed by atoms with Crippen molar-refractivity contribution in [3.63, 3.8) is 0 Å². The molecule has 2 N–H and O–H groups in total. The SMILES string of the molecule is COc1cccc(CNC(=O)CC[C@H]2CCCN(Cc3ccc(NC(C)=O)cc3)C2)c1. The molecule has 6 heteroatoms. The van der Waals surface area contributed by atoms with Crippen LogP contribution in [0, 0.1) is 5.92 Å². The molecule has 0 aromatic heterocycles. The highest BCUT2D eigenvalue weighted by Gasteiger charge is 2.20. The van der Waals surface area contributed by atoms with E-state index in [1.54, 1.807) is 7.11 Å². The second-order valence-electron chi connectivity index (χ2n) is 8.29. The third-order valence-corrected chi connectivity index (χ3v) is 5.69. The first-order valence-corrected chi connectivity index (χ1v) is 11.0. The van der Waals surface area contributed by atoms with Crippen molar-refractivity contribution in [2.24, 2.45) is 5.92 Å². The van der Waals surface area contributed by atoms with Gasteiger partial charge in [0.1, 0.15) is 5.75 Å². The van der Waals surface area contributed by atoms with E-state index in [-0.39, 0.29) is 11.8 Å². The average Bonchev–Trinajstić information content (AvgIpc) is 2.78. The van der Waals surface area contributed by atoms with Crippen molar-refractivity contribution in [3.05, 3.63) is 59.7 Å². The Labute approximate surface area is 185 Å². The molecular weight excluding hydrogens is 390 g/mol. The van der Waals surface area contributed by atoms with Gasteiger partial charge in [0.25, 0.3) is 0 Å². The van der Waals surface area contributed by atoms with Crippen LogP contribution in [0.1, 0.15) is 43.7 Å². The minimum absolute atomic E-state index is 0.0563. The van der Waals surface area contributed by atoms with Gasteiger partial charge in [0.2, 0.25) is 11.8 Å². The van der Waals surface area contributed by atoms with Crippen LogP contribution in [0.15, 0.2) is 48.5 Å². The Balaban J connectivity index is 1.40. The van der Waals surface area contributed by atoms with E-state index in [2.05, 4.69) is 27.7 Å². The van der Waals surface area contributed by atoms with Crippen LogP contribution in [-0.4, -0.2) is 36.9 Å². The minimum Gasteiger partial charge on any atom is -0.497 e. The molecule has 0 unspecified atom stereocenters. The number of piperidine rings is 1. The Morgan fingerprint density at radius 1 is 1.13 bits per heavy atom. The molecule has 0 bridgehead atoms. The first-order chi connectivity index (χ1) is 15.0. The summed E-state index contributed by atoms with van der Waals surface area (Å²) in [6.07, 6.45) is 3.83. The second kappa shape index (κ2) is 11.5. The van der Waals surface area contributed by atoms with E-state index < -0.39 is 0 Å². The van der Waals surface area contributed by atoms with Gasteiger partial charge in [0, 0.05) is 38.7 Å². The van der Waals surface area contributed by atoms with Crippen molar-refractivity contribution in [2.75, 3.05) is 25.5 Å². The van der Waals surface area contributed by atoms with Crippen LogP contribution in [0.25, 0.3) is 0 Å². The molecule has 1 aliphatic heterocycles. The van der Waals surface area contributed by atoms with E-state index >= 15 is 0 Å². The van der Waals surface area contributed by atoms with Crippen LogP contribution in [-0.2, 0) is 22.7 Å². The maximum Gasteiger partial charge on any atom is 0.221 e. The number of amides is 2. The fourth-order valence-corrected chi connectivity index (χ4v) is 4.09. The molecule has 0 spiro atoms. The Morgan fingerprint density at radius 3 is 2.68 bits per heavy atom. The average molecular weight is 424 g/mol. The molecule has 6 nitrogen and oxygen atoms in total. The highest BCUT2D eigenvalue weighted by Crippen LogP contribution is 2.23. The zero-order chi connectivity index (χ0) is 22.1. The number of anilines is 1. The number of ether oxygens (including phenoxy) is 1. The topological polar surface area (TPSA) is 70.7 Å². The van der Waals surface area contributed by atoms with Gasteiger partial charge in [-0.3, -0.25) is 14.5 Å². The van der Waals surface area contributed by atoms with Gasteiger partial charge in [-0.05, 0) is 67.1 Å². The summed E-state index contributed by atoms with van der Waals surface area (Å²) < 4.78 is 5.23. The summed E-state index contributed by atoms with van der Waals surface area (Å²) >= 11 is 0. The third kappa shape index (κ3) is 7.72. The predicted molar refractivity (Wildman–Crippen MR) is 123 cm³/mol. The lowest BCUT2D eigenvalue weighted by Crippen LogP contribution is -2.35. The first-order valence-electron chi connectivity index (χ1n) is 11.0. The molecule has 0 aliphatic carbocycles. The normalized spacial score (nSPS) is 16.5. The molecule has 2 amide bonds. The molecule has 0 saturated carbocycles. The van der Waals surface area contributed by atoms with Gasteiger partial charge in [-0.1, -0.05) is 24.3 Å². The number of hydrogen-bond acceptors (Lipinski definition) is 4. The van der Waals surface area contributed by atoms with E-state index in [1.165, 1.54) is 25.3 Å². The van der Waals surface area contributed by atoms with E-state index in [0.29, 0.717) is 18.9 Å². The zero-order valence-electron chi connectivity index (χ0n) is 18.5. The van der Waals surface area contributed by atoms with E-state index in [0.717, 1.165) is 43.1 Å². The highest BCUT2D eigenvalue weighted by molar-refractivity contribution is 5.88. The molecule has 1 atom stereocenters. The summed E-state index contributed by atoms with van der Waals surface area (Å²) in [5.74, 6) is 1.40. The van der Waals surface area contributed by atoms with Crippen molar-refractivity contribution in [2.45, 2.75) is 45.7 Å². The van der Waals surface area contributed by atoms with Crippen LogP contribution in [0.4, 0.5) is 5.69 Å². The zero-order valence-corrected chi connectivity index (χ0v) is 18.5. The molecule has 31 heavy (non-hydrogen) atoms. The van der Waals surface area contributed by atoms with Crippen LogP contribution < -0.4 is 15.4 Å². The molecule has 2 aromatic rings. The number of nitrogens with zero attached hydrogens (tertiary/aromatic N) is 1. The summed E-state index contributed by atoms with van der Waals surface area (Å²) in [5.41, 5.74) is 3.11. The molecule has 2 aromatic carbocycles. The van der Waals surface area contributed by atoms with Gasteiger partial charge >= 0.3 is 0 Å². The van der Waals surface area contributed by atoms with Gasteiger partial charge in [-0.2, -0.15) is 0 Å². The fourth-order valence-electron chi connectivity index (χ4n) is 4.09. The summed E-state index contributed by atoms with van der Waals surface area (Å²) in [6.45, 7) is 5.06. The maximum absolute atomic E-state index is 12.3. The molecule has 0 radical (unpaired) electrons. The first kappa shape index (κ1) is 22.8. The number of nitrogens with one attached hydrogen (secondary N) is 2. The number of likely N-dealkylation sites (tertiary alicyclic amines) is 1. The lowest BCUT2D eigenvalue weighted by atomic mass is 9.93. The number of carbonyl (C=O) groups excluding carboxylic acids is 2. The molecule has 3 rings (SSSR count). The second-order valence-corrected chi connectivity index (χ2v) is 8.29. The maximum atomic E-state index is 12.3. The molecule has 166 valence electrons. The lowest BCUT2D eigenvalue weighted by molar-refractivity contribution is -0.121. The van der Waals surface area contributed by atoms with Gasteiger partial charge in [0.15, 0.2) is 0 Å². The van der Waals surface area contributed by atoms with E-state index in [9.17, 15) is 9.59 Å². The van der Waals surface area contributed by atoms with Gasteiger partial charge in [-0.15, -0.1) is 0 Å². The van der Waals surface area contributed by atoms with Crippen molar-refractivity contribution < 1.29 is 14.3 Å². The largest absolute Gasteiger partial charge is 0.497 e. The van der Waals surface area contributed by atoms with Gasteiger partial charge < -0.3 is 15.4 Å². The summed E-state index contributed by atoms with van der Waals surface area (Å²) in [7, 11) is 1.64. The number of carbonyl (C=O) groups is 2. The molecule has 1 aliphatic rings. The molecule has 1 saturated heterocycles. The Kier molecular flexibility index (Phi) is 8.47. The van der Waals surface area contributed by atoms with Gasteiger partial charge in [0.05, 0.1) is 7.11 Å². The monoisotopic (exact) mass is 423 g/mol. The van der Waals surface area contributed by atoms with Crippen LogP contribution in [0.5, 0.6) is 5.75 Å². The van der Waals surface area contributed by atoms with E-state index in [4.69, 9.17) is 4.74 Å². The van der Waals surface area contributed by atoms with Crippen molar-refractivity contribution in [1.82, 2.24) is 10.2 Å². The van der Waals surface area contributed by atoms with Crippen molar-refractivity contribution in [3.8, 4) is 5.75 Å². The van der Waals surface area contributed by atoms with Crippen LogP contribution >= 0.6 is 0 Å². The lowest BCUT2D eigenvalue weighted by Gasteiger charge is -2.32. The van der Waals surface area contributed by atoms with Crippen LogP contribution in [0.3, 0.4) is 0 Å². The summed E-state index contributed by atoms with van der Waals surface area (Å²) in [5, 5.41) is 5.82. The van der Waals surface area contributed by atoms with Crippen molar-refractivity contribution >= 4 is 17.5 Å². The Morgan fingerprint density at radius 2 is 1.94 bits per heavy atom. The number of rotatable bonds is 9.